The second-order valence-electron chi connectivity index (χ2n) is 4.20. The molecule has 18 heavy (non-hydrogen) atoms. The summed E-state index contributed by atoms with van der Waals surface area (Å²) in [5.74, 6) is 0. The first-order valence-electron chi connectivity index (χ1n) is 5.96. The molecule has 0 radical (unpaired) electrons. The second kappa shape index (κ2) is 5.00. The molecule has 2 N–H and O–H groups in total. The minimum absolute atomic E-state index is 0.0397. The fourth-order valence-corrected chi connectivity index (χ4v) is 2.00. The molecular weight excluding hydrogens is 230 g/mol. The summed E-state index contributed by atoms with van der Waals surface area (Å²) < 4.78 is 0. The number of nitrogen functional groups attached to an aromatic ring is 1. The smallest absolute Gasteiger partial charge is 0.314 e. The quantitative estimate of drug-likeness (QED) is 0.662. The van der Waals surface area contributed by atoms with E-state index in [-0.39, 0.29) is 11.4 Å². The molecular formula is C13H15N3O2. The monoisotopic (exact) mass is 245 g/mol. The summed E-state index contributed by atoms with van der Waals surface area (Å²) in [6, 6.07) is 7.24. The van der Waals surface area contributed by atoms with Crippen molar-refractivity contribution >= 4 is 22.3 Å². The summed E-state index contributed by atoms with van der Waals surface area (Å²) in [6.07, 6.45) is 2.42. The lowest BCUT2D eigenvalue weighted by Crippen LogP contribution is -2.04. The highest BCUT2D eigenvalue weighted by Gasteiger charge is 2.21. The Kier molecular flexibility index (Phi) is 3.41. The van der Waals surface area contributed by atoms with Crippen molar-refractivity contribution in [2.75, 3.05) is 5.73 Å². The molecule has 0 unspecified atom stereocenters. The van der Waals surface area contributed by atoms with Gasteiger partial charge in [-0.05, 0) is 18.9 Å². The van der Waals surface area contributed by atoms with Gasteiger partial charge < -0.3 is 5.73 Å². The summed E-state index contributed by atoms with van der Waals surface area (Å²) >= 11 is 0. The van der Waals surface area contributed by atoms with Crippen LogP contribution in [0.3, 0.4) is 0 Å². The topological polar surface area (TPSA) is 82.0 Å². The standard InChI is InChI=1S/C13H15N3O2/c1-2-3-7-11-13(16(17)18)12(14)9-6-4-5-8-10(9)15-11/h4-6,8H,2-3,7H2,1H3,(H2,14,15). The van der Waals surface area contributed by atoms with Crippen molar-refractivity contribution in [3.63, 3.8) is 0 Å². The summed E-state index contributed by atoms with van der Waals surface area (Å²) in [5, 5.41) is 11.8. The van der Waals surface area contributed by atoms with Gasteiger partial charge in [-0.2, -0.15) is 0 Å². The number of benzene rings is 1. The Hall–Kier alpha value is -2.17. The minimum atomic E-state index is -0.431. The number of nitrogens with two attached hydrogens (primary N) is 1. The summed E-state index contributed by atoms with van der Waals surface area (Å²) in [6.45, 7) is 2.04. The van der Waals surface area contributed by atoms with Gasteiger partial charge in [0.2, 0.25) is 0 Å². The average molecular weight is 245 g/mol. The van der Waals surface area contributed by atoms with Crippen LogP contribution in [0.25, 0.3) is 10.9 Å². The van der Waals surface area contributed by atoms with Crippen molar-refractivity contribution in [1.82, 2.24) is 4.98 Å². The van der Waals surface area contributed by atoms with Crippen molar-refractivity contribution in [3.05, 3.63) is 40.1 Å². The maximum atomic E-state index is 11.1. The third-order valence-electron chi connectivity index (χ3n) is 2.93. The van der Waals surface area contributed by atoms with Crippen molar-refractivity contribution in [2.45, 2.75) is 26.2 Å². The van der Waals surface area contributed by atoms with Gasteiger partial charge in [0.25, 0.3) is 0 Å². The van der Waals surface area contributed by atoms with Gasteiger partial charge in [0.1, 0.15) is 11.4 Å². The third-order valence-corrected chi connectivity index (χ3v) is 2.93. The van der Waals surface area contributed by atoms with E-state index >= 15 is 0 Å². The van der Waals surface area contributed by atoms with Gasteiger partial charge >= 0.3 is 5.69 Å². The van der Waals surface area contributed by atoms with Crippen molar-refractivity contribution in [2.24, 2.45) is 0 Å². The normalized spacial score (nSPS) is 10.7. The van der Waals surface area contributed by atoms with Gasteiger partial charge in [-0.1, -0.05) is 31.5 Å². The fraction of sp³-hybridized carbons (Fsp3) is 0.308. The van der Waals surface area contributed by atoms with Gasteiger partial charge in [-0.3, -0.25) is 10.1 Å². The average Bonchev–Trinajstić information content (AvgIpc) is 2.36. The number of anilines is 1. The van der Waals surface area contributed by atoms with E-state index in [1.807, 2.05) is 19.1 Å². The molecule has 0 saturated carbocycles. The van der Waals surface area contributed by atoms with Gasteiger partial charge in [0.05, 0.1) is 10.4 Å². The van der Waals surface area contributed by atoms with Crippen LogP contribution in [-0.2, 0) is 6.42 Å². The molecule has 94 valence electrons. The lowest BCUT2D eigenvalue weighted by atomic mass is 10.1. The Morgan fingerprint density at radius 1 is 1.39 bits per heavy atom. The predicted octanol–water partition coefficient (Wildman–Crippen LogP) is 3.07. The summed E-state index contributed by atoms with van der Waals surface area (Å²) in [4.78, 5) is 15.1. The van der Waals surface area contributed by atoms with Gasteiger partial charge in [0, 0.05) is 5.39 Å². The summed E-state index contributed by atoms with van der Waals surface area (Å²) in [7, 11) is 0. The van der Waals surface area contributed by atoms with E-state index in [1.54, 1.807) is 12.1 Å². The SMILES string of the molecule is CCCCc1nc2ccccc2c(N)c1[N+](=O)[O-]. The largest absolute Gasteiger partial charge is 0.393 e. The first kappa shape index (κ1) is 12.3. The number of pyridine rings is 1. The second-order valence-corrected chi connectivity index (χ2v) is 4.20. The zero-order chi connectivity index (χ0) is 13.1. The number of para-hydroxylation sites is 1. The Bertz CT molecular complexity index is 596. The van der Waals surface area contributed by atoms with Gasteiger partial charge in [-0.15, -0.1) is 0 Å². The van der Waals surface area contributed by atoms with E-state index in [4.69, 9.17) is 5.73 Å². The zero-order valence-corrected chi connectivity index (χ0v) is 10.2. The van der Waals surface area contributed by atoms with Crippen LogP contribution in [0.2, 0.25) is 0 Å². The van der Waals surface area contributed by atoms with Crippen molar-refractivity contribution < 1.29 is 4.92 Å². The first-order valence-corrected chi connectivity index (χ1v) is 5.96. The molecule has 0 bridgehead atoms. The van der Waals surface area contributed by atoms with Crippen LogP contribution < -0.4 is 5.73 Å². The molecule has 0 spiro atoms. The molecule has 0 atom stereocenters. The maximum absolute atomic E-state index is 11.1. The number of aryl methyl sites for hydroxylation is 1. The molecule has 1 aromatic heterocycles. The molecule has 0 aliphatic rings. The van der Waals surface area contributed by atoms with E-state index in [0.29, 0.717) is 23.0 Å². The number of aromatic nitrogens is 1. The number of nitrogens with zero attached hydrogens (tertiary/aromatic N) is 2. The number of fused-ring (bicyclic) bond motifs is 1. The molecule has 1 aromatic carbocycles. The fourth-order valence-electron chi connectivity index (χ4n) is 2.00. The predicted molar refractivity (Wildman–Crippen MR) is 71.4 cm³/mol. The number of rotatable bonds is 4. The molecule has 2 rings (SSSR count). The van der Waals surface area contributed by atoms with Crippen LogP contribution in [0.15, 0.2) is 24.3 Å². The maximum Gasteiger partial charge on any atom is 0.314 e. The third kappa shape index (κ3) is 2.11. The van der Waals surface area contributed by atoms with E-state index in [2.05, 4.69) is 4.98 Å². The van der Waals surface area contributed by atoms with Crippen LogP contribution in [0, 0.1) is 10.1 Å². The van der Waals surface area contributed by atoms with Crippen LogP contribution >= 0.6 is 0 Å². The van der Waals surface area contributed by atoms with Gasteiger partial charge in [0.15, 0.2) is 0 Å². The van der Waals surface area contributed by atoms with Crippen molar-refractivity contribution in [3.8, 4) is 0 Å². The van der Waals surface area contributed by atoms with Crippen LogP contribution in [0.5, 0.6) is 0 Å². The molecule has 2 aromatic rings. The Morgan fingerprint density at radius 3 is 2.78 bits per heavy atom. The Labute approximate surface area is 105 Å². The highest BCUT2D eigenvalue weighted by atomic mass is 16.6. The Morgan fingerprint density at radius 2 is 2.11 bits per heavy atom. The zero-order valence-electron chi connectivity index (χ0n) is 10.2. The van der Waals surface area contributed by atoms with Crippen LogP contribution in [0.1, 0.15) is 25.5 Å². The lowest BCUT2D eigenvalue weighted by molar-refractivity contribution is -0.384. The highest BCUT2D eigenvalue weighted by Crippen LogP contribution is 2.32. The summed E-state index contributed by atoms with van der Waals surface area (Å²) in [5.41, 5.74) is 7.29. The van der Waals surface area contributed by atoms with E-state index < -0.39 is 4.92 Å². The van der Waals surface area contributed by atoms with Crippen molar-refractivity contribution in [1.29, 1.82) is 0 Å². The lowest BCUT2D eigenvalue weighted by Gasteiger charge is -2.07. The van der Waals surface area contributed by atoms with E-state index in [9.17, 15) is 10.1 Å². The van der Waals surface area contributed by atoms with Crippen LogP contribution in [-0.4, -0.2) is 9.91 Å². The number of hydrogen-bond donors (Lipinski definition) is 1. The number of unbranched alkanes of at least 4 members (excludes halogenated alkanes) is 1. The van der Waals surface area contributed by atoms with Gasteiger partial charge in [-0.25, -0.2) is 4.98 Å². The van der Waals surface area contributed by atoms with Crippen LogP contribution in [0.4, 0.5) is 11.4 Å². The molecule has 0 amide bonds. The first-order chi connectivity index (χ1) is 8.65. The highest BCUT2D eigenvalue weighted by molar-refractivity contribution is 5.95. The molecule has 0 aliphatic carbocycles. The molecule has 5 nitrogen and oxygen atoms in total. The minimum Gasteiger partial charge on any atom is -0.393 e. The van der Waals surface area contributed by atoms with E-state index in [0.717, 1.165) is 12.8 Å². The Balaban J connectivity index is 2.67. The molecule has 5 heteroatoms. The molecule has 0 aliphatic heterocycles. The van der Waals surface area contributed by atoms with E-state index in [1.165, 1.54) is 0 Å². The number of nitro groups is 1. The molecule has 1 heterocycles. The molecule has 0 fully saturated rings. The molecule has 0 saturated heterocycles. The number of hydrogen-bond acceptors (Lipinski definition) is 4.